The molecule has 2 aromatic carbocycles. The highest BCUT2D eigenvalue weighted by Gasteiger charge is 2.23. The molecule has 0 aliphatic carbocycles. The summed E-state index contributed by atoms with van der Waals surface area (Å²) in [6.45, 7) is 3.70. The number of carbonyl (C=O) groups is 1. The first-order chi connectivity index (χ1) is 12.0. The second-order valence-electron chi connectivity index (χ2n) is 5.92. The number of rotatable bonds is 5. The number of carbonyl (C=O) groups excluding carboxylic acids is 1. The van der Waals surface area contributed by atoms with Crippen molar-refractivity contribution in [2.45, 2.75) is 13.8 Å². The molecule has 0 amide bonds. The Kier molecular flexibility index (Phi) is 4.52. The maximum absolute atomic E-state index is 12.8. The normalized spacial score (nSPS) is 10.9. The van der Waals surface area contributed by atoms with Gasteiger partial charge in [0.15, 0.2) is 11.6 Å². The van der Waals surface area contributed by atoms with Crippen LogP contribution in [0.1, 0.15) is 24.2 Å². The van der Waals surface area contributed by atoms with Crippen LogP contribution in [0.5, 0.6) is 11.5 Å². The van der Waals surface area contributed by atoms with Crippen molar-refractivity contribution in [1.29, 1.82) is 0 Å². The van der Waals surface area contributed by atoms with E-state index in [1.165, 1.54) is 6.33 Å². The Labute approximate surface area is 145 Å². The fourth-order valence-electron chi connectivity index (χ4n) is 2.63. The molecule has 6 nitrogen and oxygen atoms in total. The van der Waals surface area contributed by atoms with Crippen LogP contribution in [0.25, 0.3) is 17.1 Å². The van der Waals surface area contributed by atoms with Gasteiger partial charge in [-0.15, -0.1) is 0 Å². The molecule has 0 radical (unpaired) electrons. The lowest BCUT2D eigenvalue weighted by molar-refractivity contribution is 0.0936. The van der Waals surface area contributed by atoms with Gasteiger partial charge in [-0.1, -0.05) is 19.9 Å². The molecule has 0 saturated heterocycles. The average Bonchev–Trinajstić information content (AvgIpc) is 3.10. The first-order valence-corrected chi connectivity index (χ1v) is 7.94. The molecule has 0 saturated carbocycles. The second-order valence-corrected chi connectivity index (χ2v) is 5.92. The fourth-order valence-corrected chi connectivity index (χ4v) is 2.63. The summed E-state index contributed by atoms with van der Waals surface area (Å²) in [6, 6.07) is 12.1. The zero-order chi connectivity index (χ0) is 18.0. The van der Waals surface area contributed by atoms with Crippen molar-refractivity contribution in [2.75, 3.05) is 7.11 Å². The van der Waals surface area contributed by atoms with Gasteiger partial charge >= 0.3 is 0 Å². The summed E-state index contributed by atoms with van der Waals surface area (Å²) in [5.41, 5.74) is 1.87. The Morgan fingerprint density at radius 1 is 1.16 bits per heavy atom. The van der Waals surface area contributed by atoms with Gasteiger partial charge in [-0.05, 0) is 36.4 Å². The Morgan fingerprint density at radius 3 is 2.52 bits per heavy atom. The van der Waals surface area contributed by atoms with E-state index >= 15 is 0 Å². The van der Waals surface area contributed by atoms with Crippen LogP contribution in [-0.2, 0) is 0 Å². The van der Waals surface area contributed by atoms with Crippen molar-refractivity contribution in [2.24, 2.45) is 5.92 Å². The Morgan fingerprint density at radius 2 is 1.88 bits per heavy atom. The van der Waals surface area contributed by atoms with Crippen LogP contribution in [0.4, 0.5) is 0 Å². The summed E-state index contributed by atoms with van der Waals surface area (Å²) in [7, 11) is 1.54. The second kappa shape index (κ2) is 6.76. The maximum atomic E-state index is 12.8. The molecule has 0 aliphatic rings. The molecule has 0 bridgehead atoms. The summed E-state index contributed by atoms with van der Waals surface area (Å²) >= 11 is 0. The number of hydrogen-bond acceptors (Lipinski definition) is 5. The van der Waals surface area contributed by atoms with E-state index in [0.29, 0.717) is 22.8 Å². The molecule has 0 spiro atoms. The Balaban J connectivity index is 2.20. The number of methoxy groups -OCH3 is 1. The number of phenols is 1. The lowest BCUT2D eigenvalue weighted by Crippen LogP contribution is -2.14. The van der Waals surface area contributed by atoms with E-state index in [4.69, 9.17) is 4.74 Å². The third-order valence-corrected chi connectivity index (χ3v) is 3.90. The summed E-state index contributed by atoms with van der Waals surface area (Å²) in [6.07, 6.45) is 1.44. The van der Waals surface area contributed by atoms with Gasteiger partial charge in [0.1, 0.15) is 17.8 Å². The lowest BCUT2D eigenvalue weighted by Gasteiger charge is -2.16. The molecule has 0 aliphatic heterocycles. The molecule has 1 heterocycles. The smallest absolute Gasteiger partial charge is 0.171 e. The van der Waals surface area contributed by atoms with Crippen LogP contribution in [0.2, 0.25) is 0 Å². The van der Waals surface area contributed by atoms with Crippen LogP contribution in [0.15, 0.2) is 48.8 Å². The number of aromatic hydroxyl groups is 1. The largest absolute Gasteiger partial charge is 0.508 e. The highest BCUT2D eigenvalue weighted by atomic mass is 16.5. The monoisotopic (exact) mass is 337 g/mol. The third-order valence-electron chi connectivity index (χ3n) is 3.90. The van der Waals surface area contributed by atoms with Gasteiger partial charge in [0.25, 0.3) is 0 Å². The van der Waals surface area contributed by atoms with Gasteiger partial charge in [-0.2, -0.15) is 5.10 Å². The molecule has 0 unspecified atom stereocenters. The van der Waals surface area contributed by atoms with Crippen molar-refractivity contribution in [1.82, 2.24) is 14.8 Å². The number of nitrogens with zero attached hydrogens (tertiary/aromatic N) is 3. The molecule has 25 heavy (non-hydrogen) atoms. The van der Waals surface area contributed by atoms with Gasteiger partial charge in [0.2, 0.25) is 0 Å². The number of Topliss-reactive ketones (excluding diaryl/α,β-unsaturated/α-hetero) is 1. The van der Waals surface area contributed by atoms with Crippen LogP contribution < -0.4 is 4.74 Å². The van der Waals surface area contributed by atoms with Crippen LogP contribution in [0, 0.1) is 5.92 Å². The maximum Gasteiger partial charge on any atom is 0.171 e. The van der Waals surface area contributed by atoms with Crippen molar-refractivity contribution < 1.29 is 14.6 Å². The number of benzene rings is 2. The van der Waals surface area contributed by atoms with Crippen molar-refractivity contribution in [3.8, 4) is 28.6 Å². The predicted octanol–water partition coefficient (Wildman–Crippen LogP) is 3.49. The minimum absolute atomic E-state index is 0.0281. The third kappa shape index (κ3) is 3.10. The molecule has 1 aromatic heterocycles. The van der Waals surface area contributed by atoms with Crippen molar-refractivity contribution in [3.63, 3.8) is 0 Å². The van der Waals surface area contributed by atoms with Gasteiger partial charge in [-0.3, -0.25) is 4.79 Å². The summed E-state index contributed by atoms with van der Waals surface area (Å²) in [4.78, 5) is 17.1. The van der Waals surface area contributed by atoms with Gasteiger partial charge in [0, 0.05) is 11.5 Å². The Bertz CT molecular complexity index is 899. The number of aromatic nitrogens is 3. The van der Waals surface area contributed by atoms with E-state index in [9.17, 15) is 9.90 Å². The van der Waals surface area contributed by atoms with Gasteiger partial charge in [0.05, 0.1) is 18.4 Å². The van der Waals surface area contributed by atoms with Crippen molar-refractivity contribution >= 4 is 5.78 Å². The summed E-state index contributed by atoms with van der Waals surface area (Å²) in [5.74, 6) is 1.04. The molecule has 6 heteroatoms. The average molecular weight is 337 g/mol. The molecular weight excluding hydrogens is 318 g/mol. The van der Waals surface area contributed by atoms with Crippen molar-refractivity contribution in [3.05, 3.63) is 54.4 Å². The minimum atomic E-state index is -0.185. The van der Waals surface area contributed by atoms with Gasteiger partial charge in [-0.25, -0.2) is 9.67 Å². The van der Waals surface area contributed by atoms with Crippen LogP contribution >= 0.6 is 0 Å². The highest BCUT2D eigenvalue weighted by molar-refractivity contribution is 6.03. The molecule has 0 fully saturated rings. The molecule has 1 N–H and O–H groups in total. The molecule has 0 atom stereocenters. The van der Waals surface area contributed by atoms with Gasteiger partial charge < -0.3 is 9.84 Å². The van der Waals surface area contributed by atoms with E-state index in [0.717, 1.165) is 5.56 Å². The zero-order valence-electron chi connectivity index (χ0n) is 14.3. The van der Waals surface area contributed by atoms with E-state index in [1.54, 1.807) is 42.1 Å². The standard InChI is InChI=1S/C19H19N3O3/c1-12(2)18(24)17-15(5-4-6-16(17)25-3)22-19(20-11-21-22)13-7-9-14(23)10-8-13/h4-12,23H,1-3H3. The number of ketones is 1. The van der Waals surface area contributed by atoms with E-state index < -0.39 is 0 Å². The van der Waals surface area contributed by atoms with E-state index in [1.807, 2.05) is 26.0 Å². The minimum Gasteiger partial charge on any atom is -0.508 e. The van der Waals surface area contributed by atoms with Crippen LogP contribution in [0.3, 0.4) is 0 Å². The van der Waals surface area contributed by atoms with E-state index in [-0.39, 0.29) is 17.5 Å². The summed E-state index contributed by atoms with van der Waals surface area (Å²) < 4.78 is 7.02. The molecule has 3 rings (SSSR count). The number of ether oxygens (including phenoxy) is 1. The molecule has 3 aromatic rings. The van der Waals surface area contributed by atoms with Crippen LogP contribution in [-0.4, -0.2) is 32.8 Å². The number of hydrogen-bond donors (Lipinski definition) is 1. The summed E-state index contributed by atoms with van der Waals surface area (Å²) in [5, 5.41) is 13.8. The zero-order valence-corrected chi connectivity index (χ0v) is 14.3. The lowest BCUT2D eigenvalue weighted by atomic mass is 9.98. The number of phenolic OH excluding ortho intramolecular Hbond substituents is 1. The highest BCUT2D eigenvalue weighted by Crippen LogP contribution is 2.30. The quantitative estimate of drug-likeness (QED) is 0.721. The predicted molar refractivity (Wildman–Crippen MR) is 94.2 cm³/mol. The Hall–Kier alpha value is -3.15. The van der Waals surface area contributed by atoms with E-state index in [2.05, 4.69) is 10.1 Å². The fraction of sp³-hybridized carbons (Fsp3) is 0.211. The molecule has 128 valence electrons. The SMILES string of the molecule is COc1cccc(-n2ncnc2-c2ccc(O)cc2)c1C(=O)C(C)C. The first kappa shape index (κ1) is 16.7. The first-order valence-electron chi connectivity index (χ1n) is 7.94. The topological polar surface area (TPSA) is 77.2 Å². The molecular formula is C19H19N3O3.